The number of nitrogens with one attached hydrogen (secondary N) is 2. The number of aryl methyl sites for hydroxylation is 1. The average Bonchev–Trinajstić information content (AvgIpc) is 3.35. The Kier molecular flexibility index (Phi) is 4.35. The minimum atomic E-state index is -0.412. The lowest BCUT2D eigenvalue weighted by Gasteiger charge is -2.07. The number of fused-ring (bicyclic) bond motifs is 1. The molecule has 0 radical (unpaired) electrons. The predicted octanol–water partition coefficient (Wildman–Crippen LogP) is 2.26. The van der Waals surface area contributed by atoms with E-state index in [1.54, 1.807) is 24.3 Å². The standard InChI is InChI=1S/C18H14N6O2S/c1-11-14-4-2-3-5-15(14)27-16(11)18(26)21-20-17(25)12-6-8-13(9-7-12)24-10-19-22-23-24/h2-10H,1H3,(H,20,25)(H,21,26). The molecule has 0 aliphatic rings. The van der Waals surface area contributed by atoms with Gasteiger partial charge in [-0.3, -0.25) is 20.4 Å². The molecule has 2 N–H and O–H groups in total. The topological polar surface area (TPSA) is 102 Å². The Morgan fingerprint density at radius 2 is 1.74 bits per heavy atom. The van der Waals surface area contributed by atoms with Crippen LogP contribution in [0.5, 0.6) is 0 Å². The molecule has 0 fully saturated rings. The number of thiophene rings is 1. The van der Waals surface area contributed by atoms with Gasteiger partial charge < -0.3 is 0 Å². The van der Waals surface area contributed by atoms with Gasteiger partial charge in [0.25, 0.3) is 11.8 Å². The molecule has 0 saturated carbocycles. The van der Waals surface area contributed by atoms with Crippen molar-refractivity contribution in [1.29, 1.82) is 0 Å². The van der Waals surface area contributed by atoms with Gasteiger partial charge in [0.1, 0.15) is 6.33 Å². The van der Waals surface area contributed by atoms with Crippen molar-refractivity contribution in [3.63, 3.8) is 0 Å². The third-order valence-corrected chi connectivity index (χ3v) is 5.35. The molecule has 27 heavy (non-hydrogen) atoms. The smallest absolute Gasteiger partial charge is 0.267 e. The lowest BCUT2D eigenvalue weighted by Crippen LogP contribution is -2.41. The zero-order chi connectivity index (χ0) is 18.8. The number of hydrogen-bond acceptors (Lipinski definition) is 6. The van der Waals surface area contributed by atoms with E-state index in [-0.39, 0.29) is 5.91 Å². The van der Waals surface area contributed by atoms with E-state index in [0.29, 0.717) is 10.4 Å². The summed E-state index contributed by atoms with van der Waals surface area (Å²) in [4.78, 5) is 25.3. The van der Waals surface area contributed by atoms with E-state index in [1.807, 2.05) is 31.2 Å². The van der Waals surface area contributed by atoms with Gasteiger partial charge >= 0.3 is 0 Å². The number of rotatable bonds is 3. The molecule has 4 rings (SSSR count). The largest absolute Gasteiger partial charge is 0.280 e. The SMILES string of the molecule is Cc1c(C(=O)NNC(=O)c2ccc(-n3cnnn3)cc2)sc2ccccc12. The molecule has 0 aliphatic carbocycles. The zero-order valence-electron chi connectivity index (χ0n) is 14.2. The number of carbonyl (C=O) groups excluding carboxylic acids is 2. The highest BCUT2D eigenvalue weighted by molar-refractivity contribution is 7.21. The maximum atomic E-state index is 12.4. The fourth-order valence-electron chi connectivity index (χ4n) is 2.68. The van der Waals surface area contributed by atoms with Crippen LogP contribution in [-0.2, 0) is 0 Å². The van der Waals surface area contributed by atoms with Crippen molar-refractivity contribution in [1.82, 2.24) is 31.1 Å². The van der Waals surface area contributed by atoms with Crippen LogP contribution in [0.2, 0.25) is 0 Å². The summed E-state index contributed by atoms with van der Waals surface area (Å²) < 4.78 is 2.51. The number of benzene rings is 2. The van der Waals surface area contributed by atoms with Gasteiger partial charge in [0.05, 0.1) is 10.6 Å². The molecule has 0 saturated heterocycles. The Morgan fingerprint density at radius 3 is 2.44 bits per heavy atom. The van der Waals surface area contributed by atoms with E-state index in [0.717, 1.165) is 21.3 Å². The Morgan fingerprint density at radius 1 is 1.00 bits per heavy atom. The second-order valence-corrected chi connectivity index (χ2v) is 6.81. The van der Waals surface area contributed by atoms with Crippen LogP contribution in [0.15, 0.2) is 54.9 Å². The highest BCUT2D eigenvalue weighted by Gasteiger charge is 2.16. The van der Waals surface area contributed by atoms with Gasteiger partial charge in [-0.15, -0.1) is 16.4 Å². The van der Waals surface area contributed by atoms with Crippen LogP contribution in [-0.4, -0.2) is 32.0 Å². The highest BCUT2D eigenvalue weighted by Crippen LogP contribution is 2.30. The van der Waals surface area contributed by atoms with E-state index >= 15 is 0 Å². The highest BCUT2D eigenvalue weighted by atomic mass is 32.1. The lowest BCUT2D eigenvalue weighted by atomic mass is 10.1. The first-order valence-corrected chi connectivity index (χ1v) is 8.87. The maximum absolute atomic E-state index is 12.4. The van der Waals surface area contributed by atoms with Gasteiger partial charge in [-0.25, -0.2) is 4.68 Å². The number of amides is 2. The van der Waals surface area contributed by atoms with Gasteiger partial charge in [0.2, 0.25) is 0 Å². The summed E-state index contributed by atoms with van der Waals surface area (Å²) in [7, 11) is 0. The van der Waals surface area contributed by atoms with Crippen LogP contribution in [0.25, 0.3) is 15.8 Å². The molecule has 4 aromatic rings. The minimum Gasteiger partial charge on any atom is -0.267 e. The van der Waals surface area contributed by atoms with Crippen LogP contribution in [0.3, 0.4) is 0 Å². The van der Waals surface area contributed by atoms with Crippen LogP contribution < -0.4 is 10.9 Å². The summed E-state index contributed by atoms with van der Waals surface area (Å²) in [5, 5.41) is 11.9. The van der Waals surface area contributed by atoms with Crippen molar-refractivity contribution in [2.75, 3.05) is 0 Å². The van der Waals surface area contributed by atoms with Gasteiger partial charge in [0.15, 0.2) is 0 Å². The number of aromatic nitrogens is 4. The van der Waals surface area contributed by atoms with Crippen LogP contribution >= 0.6 is 11.3 Å². The second-order valence-electron chi connectivity index (χ2n) is 5.76. The van der Waals surface area contributed by atoms with E-state index in [4.69, 9.17) is 0 Å². The first-order chi connectivity index (χ1) is 13.1. The second kappa shape index (κ2) is 6.96. The molecule has 9 heteroatoms. The summed E-state index contributed by atoms with van der Waals surface area (Å²) in [6.45, 7) is 1.90. The van der Waals surface area contributed by atoms with Crippen LogP contribution in [0, 0.1) is 6.92 Å². The molecule has 0 aliphatic heterocycles. The first kappa shape index (κ1) is 16.9. The third kappa shape index (κ3) is 3.27. The molecule has 8 nitrogen and oxygen atoms in total. The Bertz CT molecular complexity index is 1120. The molecule has 2 amide bonds. The van der Waals surface area contributed by atoms with Crippen molar-refractivity contribution < 1.29 is 9.59 Å². The van der Waals surface area contributed by atoms with Crippen LogP contribution in [0.4, 0.5) is 0 Å². The van der Waals surface area contributed by atoms with Gasteiger partial charge in [-0.2, -0.15) is 0 Å². The molecule has 134 valence electrons. The number of hydrazine groups is 1. The summed E-state index contributed by atoms with van der Waals surface area (Å²) in [6, 6.07) is 14.5. The minimum absolute atomic E-state index is 0.340. The number of tetrazole rings is 1. The molecule has 0 bridgehead atoms. The molecule has 0 spiro atoms. The summed E-state index contributed by atoms with van der Waals surface area (Å²) >= 11 is 1.40. The first-order valence-electron chi connectivity index (χ1n) is 8.06. The summed E-state index contributed by atoms with van der Waals surface area (Å²) in [5.74, 6) is -0.752. The monoisotopic (exact) mass is 378 g/mol. The molecule has 0 unspecified atom stereocenters. The quantitative estimate of drug-likeness (QED) is 0.533. The Balaban J connectivity index is 1.44. The normalized spacial score (nSPS) is 10.7. The lowest BCUT2D eigenvalue weighted by molar-refractivity contribution is 0.0848. The van der Waals surface area contributed by atoms with Crippen molar-refractivity contribution in [2.45, 2.75) is 6.92 Å². The van der Waals surface area contributed by atoms with E-state index in [1.165, 1.54) is 22.3 Å². The number of hydrogen-bond donors (Lipinski definition) is 2. The van der Waals surface area contributed by atoms with E-state index in [2.05, 4.69) is 26.4 Å². The summed E-state index contributed by atoms with van der Waals surface area (Å²) in [5.41, 5.74) is 6.94. The summed E-state index contributed by atoms with van der Waals surface area (Å²) in [6.07, 6.45) is 1.46. The number of nitrogens with zero attached hydrogens (tertiary/aromatic N) is 4. The van der Waals surface area contributed by atoms with Gasteiger partial charge in [0, 0.05) is 10.3 Å². The zero-order valence-corrected chi connectivity index (χ0v) is 15.0. The number of carbonyl (C=O) groups is 2. The molecule has 2 aromatic carbocycles. The molecular formula is C18H14N6O2S. The van der Waals surface area contributed by atoms with E-state index in [9.17, 15) is 9.59 Å². The Labute approximate surface area is 157 Å². The molecule has 0 atom stereocenters. The maximum Gasteiger partial charge on any atom is 0.280 e. The molecule has 2 aromatic heterocycles. The van der Waals surface area contributed by atoms with E-state index < -0.39 is 5.91 Å². The van der Waals surface area contributed by atoms with Gasteiger partial charge in [-0.05, 0) is 58.6 Å². The average molecular weight is 378 g/mol. The van der Waals surface area contributed by atoms with Crippen molar-refractivity contribution in [3.05, 3.63) is 70.9 Å². The van der Waals surface area contributed by atoms with Gasteiger partial charge in [-0.1, -0.05) is 18.2 Å². The molecular weight excluding hydrogens is 364 g/mol. The Hall–Kier alpha value is -3.59. The fourth-order valence-corrected chi connectivity index (χ4v) is 3.78. The van der Waals surface area contributed by atoms with Crippen molar-refractivity contribution in [3.8, 4) is 5.69 Å². The van der Waals surface area contributed by atoms with Crippen LogP contribution in [0.1, 0.15) is 25.6 Å². The fraction of sp³-hybridized carbons (Fsp3) is 0.0556. The molecule has 2 heterocycles. The predicted molar refractivity (Wildman–Crippen MR) is 101 cm³/mol. The third-order valence-electron chi connectivity index (χ3n) is 4.08. The van der Waals surface area contributed by atoms with Crippen molar-refractivity contribution in [2.24, 2.45) is 0 Å². The van der Waals surface area contributed by atoms with Crippen molar-refractivity contribution >= 4 is 33.2 Å².